The van der Waals surface area contributed by atoms with Crippen LogP contribution in [0, 0.1) is 17.7 Å². The lowest BCUT2D eigenvalue weighted by Crippen LogP contribution is -2.50. The number of anilines is 1. The summed E-state index contributed by atoms with van der Waals surface area (Å²) in [5, 5.41) is 6.05. The first-order valence-electron chi connectivity index (χ1n) is 9.31. The first kappa shape index (κ1) is 24.5. The van der Waals surface area contributed by atoms with Crippen LogP contribution in [0.5, 0.6) is 0 Å². The largest absolute Gasteiger partial charge is 0.368 e. The molecule has 2 N–H and O–H groups in total. The Morgan fingerprint density at radius 2 is 1.75 bits per heavy atom. The summed E-state index contributed by atoms with van der Waals surface area (Å²) in [6.45, 7) is 6.88. The highest BCUT2D eigenvalue weighted by Crippen LogP contribution is 2.17. The molecule has 2 aliphatic heterocycles. The Bertz CT molecular complexity index is 635. The van der Waals surface area contributed by atoms with Gasteiger partial charge in [0.2, 0.25) is 11.8 Å². The molecule has 2 fully saturated rings. The van der Waals surface area contributed by atoms with Crippen molar-refractivity contribution in [1.29, 1.82) is 0 Å². The number of carbonyl (C=O) groups is 2. The predicted molar refractivity (Wildman–Crippen MR) is 113 cm³/mol. The van der Waals surface area contributed by atoms with Gasteiger partial charge in [-0.2, -0.15) is 0 Å². The molecule has 2 amide bonds. The summed E-state index contributed by atoms with van der Waals surface area (Å²) in [6, 6.07) is 6.44. The molecule has 1 aromatic carbocycles. The van der Waals surface area contributed by atoms with Gasteiger partial charge in [-0.05, 0) is 43.3 Å². The topological polar surface area (TPSA) is 64.7 Å². The number of hydrogen-bond acceptors (Lipinski definition) is 4. The van der Waals surface area contributed by atoms with Crippen LogP contribution in [-0.4, -0.2) is 62.5 Å². The lowest BCUT2D eigenvalue weighted by molar-refractivity contribution is -0.131. The number of piperazine rings is 1. The van der Waals surface area contributed by atoms with Gasteiger partial charge in [0.25, 0.3) is 0 Å². The maximum Gasteiger partial charge on any atom is 0.224 e. The SMILES string of the molecule is CC(C(=O)NCCC(=O)N1CCN(c2ccc(F)cc2)CC1)C1CNC1.Cl.Cl. The van der Waals surface area contributed by atoms with E-state index < -0.39 is 0 Å². The number of nitrogens with zero attached hydrogens (tertiary/aromatic N) is 2. The average molecular weight is 435 g/mol. The molecule has 0 saturated carbocycles. The van der Waals surface area contributed by atoms with Crippen molar-refractivity contribution < 1.29 is 14.0 Å². The van der Waals surface area contributed by atoms with Crippen molar-refractivity contribution in [2.24, 2.45) is 11.8 Å². The summed E-state index contributed by atoms with van der Waals surface area (Å²) in [7, 11) is 0. The van der Waals surface area contributed by atoms with E-state index in [2.05, 4.69) is 15.5 Å². The molecule has 158 valence electrons. The molecule has 2 aliphatic rings. The fourth-order valence-corrected chi connectivity index (χ4v) is 3.36. The Balaban J connectivity index is 0.00000196. The molecule has 0 spiro atoms. The van der Waals surface area contributed by atoms with E-state index >= 15 is 0 Å². The zero-order chi connectivity index (χ0) is 18.5. The van der Waals surface area contributed by atoms with Crippen molar-refractivity contribution in [3.63, 3.8) is 0 Å². The molecule has 2 saturated heterocycles. The van der Waals surface area contributed by atoms with Crippen molar-refractivity contribution in [3.8, 4) is 0 Å². The first-order chi connectivity index (χ1) is 12.5. The van der Waals surface area contributed by atoms with Gasteiger partial charge >= 0.3 is 0 Å². The van der Waals surface area contributed by atoms with Gasteiger partial charge in [0.15, 0.2) is 0 Å². The lowest BCUT2D eigenvalue weighted by atomic mass is 9.88. The minimum atomic E-state index is -0.243. The van der Waals surface area contributed by atoms with E-state index in [4.69, 9.17) is 0 Å². The van der Waals surface area contributed by atoms with Gasteiger partial charge in [-0.25, -0.2) is 4.39 Å². The maximum absolute atomic E-state index is 13.0. The van der Waals surface area contributed by atoms with E-state index in [0.29, 0.717) is 32.0 Å². The zero-order valence-electron chi connectivity index (χ0n) is 16.0. The highest BCUT2D eigenvalue weighted by molar-refractivity contribution is 5.85. The minimum absolute atomic E-state index is 0. The van der Waals surface area contributed by atoms with Crippen molar-refractivity contribution in [2.75, 3.05) is 50.7 Å². The Labute approximate surface area is 178 Å². The van der Waals surface area contributed by atoms with Crippen LogP contribution in [-0.2, 0) is 9.59 Å². The van der Waals surface area contributed by atoms with E-state index in [0.717, 1.165) is 31.9 Å². The molecule has 9 heteroatoms. The molecule has 1 atom stereocenters. The van der Waals surface area contributed by atoms with Crippen molar-refractivity contribution in [2.45, 2.75) is 13.3 Å². The Morgan fingerprint density at radius 3 is 2.29 bits per heavy atom. The third kappa shape index (κ3) is 6.22. The molecule has 0 aromatic heterocycles. The molecule has 0 bridgehead atoms. The summed E-state index contributed by atoms with van der Waals surface area (Å²) < 4.78 is 13.0. The van der Waals surface area contributed by atoms with Gasteiger partial charge in [-0.3, -0.25) is 9.59 Å². The normalized spacial score (nSPS) is 17.6. The van der Waals surface area contributed by atoms with Crippen molar-refractivity contribution in [3.05, 3.63) is 30.1 Å². The monoisotopic (exact) mass is 434 g/mol. The van der Waals surface area contributed by atoms with E-state index in [9.17, 15) is 14.0 Å². The third-order valence-corrected chi connectivity index (χ3v) is 5.40. The number of hydrogen-bond donors (Lipinski definition) is 2. The predicted octanol–water partition coefficient (Wildman–Crippen LogP) is 1.68. The fraction of sp³-hybridized carbons (Fsp3) is 0.579. The van der Waals surface area contributed by atoms with Gasteiger partial charge in [0.1, 0.15) is 5.82 Å². The number of halogens is 3. The molecule has 6 nitrogen and oxygen atoms in total. The van der Waals surface area contributed by atoms with E-state index in [1.165, 1.54) is 12.1 Å². The summed E-state index contributed by atoms with van der Waals surface area (Å²) in [6.07, 6.45) is 0.331. The van der Waals surface area contributed by atoms with Crippen molar-refractivity contribution >= 4 is 42.3 Å². The van der Waals surface area contributed by atoms with Crippen LogP contribution in [0.25, 0.3) is 0 Å². The Hall–Kier alpha value is -1.57. The van der Waals surface area contributed by atoms with Gasteiger partial charge < -0.3 is 20.4 Å². The second-order valence-electron chi connectivity index (χ2n) is 7.09. The van der Waals surface area contributed by atoms with Gasteiger partial charge in [-0.15, -0.1) is 24.8 Å². The van der Waals surface area contributed by atoms with Crippen LogP contribution in [0.15, 0.2) is 24.3 Å². The molecular formula is C19H29Cl2FN4O2. The summed E-state index contributed by atoms with van der Waals surface area (Å²) >= 11 is 0. The van der Waals surface area contributed by atoms with E-state index in [-0.39, 0.29) is 48.4 Å². The van der Waals surface area contributed by atoms with Gasteiger partial charge in [0, 0.05) is 50.7 Å². The maximum atomic E-state index is 13.0. The summed E-state index contributed by atoms with van der Waals surface area (Å²) in [5.41, 5.74) is 0.977. The summed E-state index contributed by atoms with van der Waals surface area (Å²) in [4.78, 5) is 28.4. The van der Waals surface area contributed by atoms with Gasteiger partial charge in [-0.1, -0.05) is 6.92 Å². The highest BCUT2D eigenvalue weighted by Gasteiger charge is 2.28. The zero-order valence-corrected chi connectivity index (χ0v) is 17.7. The standard InChI is InChI=1S/C19H27FN4O2.2ClH/c1-14(15-12-21-13-15)19(26)22-7-6-18(25)24-10-8-23(9-11-24)17-4-2-16(20)3-5-17;;/h2-5,14-15,21H,6-13H2,1H3,(H,22,26);2*1H. The summed E-state index contributed by atoms with van der Waals surface area (Å²) in [5.74, 6) is 0.260. The minimum Gasteiger partial charge on any atom is -0.368 e. The quantitative estimate of drug-likeness (QED) is 0.714. The molecule has 3 rings (SSSR count). The molecule has 0 radical (unpaired) electrons. The second-order valence-corrected chi connectivity index (χ2v) is 7.09. The van der Waals surface area contributed by atoms with Crippen molar-refractivity contribution in [1.82, 2.24) is 15.5 Å². The fourth-order valence-electron chi connectivity index (χ4n) is 3.36. The Morgan fingerprint density at radius 1 is 1.14 bits per heavy atom. The molecular weight excluding hydrogens is 406 g/mol. The number of amides is 2. The molecule has 0 aliphatic carbocycles. The van der Waals surface area contributed by atoms with Crippen LogP contribution in [0.1, 0.15) is 13.3 Å². The van der Waals surface area contributed by atoms with Crippen LogP contribution in [0.3, 0.4) is 0 Å². The average Bonchev–Trinajstić information content (AvgIpc) is 2.61. The van der Waals surface area contributed by atoms with Crippen LogP contribution >= 0.6 is 24.8 Å². The third-order valence-electron chi connectivity index (χ3n) is 5.40. The van der Waals surface area contributed by atoms with E-state index in [1.54, 1.807) is 12.1 Å². The Kier molecular flexibility index (Phi) is 9.99. The number of carbonyl (C=O) groups excluding carboxylic acids is 2. The first-order valence-corrected chi connectivity index (χ1v) is 9.31. The highest BCUT2D eigenvalue weighted by atomic mass is 35.5. The molecule has 1 aromatic rings. The number of benzene rings is 1. The van der Waals surface area contributed by atoms with Crippen LogP contribution in [0.4, 0.5) is 10.1 Å². The van der Waals surface area contributed by atoms with E-state index in [1.807, 2.05) is 11.8 Å². The second kappa shape index (κ2) is 11.4. The number of nitrogens with one attached hydrogen (secondary N) is 2. The van der Waals surface area contributed by atoms with Gasteiger partial charge in [0.05, 0.1) is 0 Å². The molecule has 2 heterocycles. The smallest absolute Gasteiger partial charge is 0.224 e. The molecule has 28 heavy (non-hydrogen) atoms. The van der Waals surface area contributed by atoms with Crippen LogP contribution in [0.2, 0.25) is 0 Å². The molecule has 1 unspecified atom stereocenters. The number of rotatable bonds is 6. The van der Waals surface area contributed by atoms with Crippen LogP contribution < -0.4 is 15.5 Å². The lowest BCUT2D eigenvalue weighted by Gasteiger charge is -2.36.